The number of benzene rings is 3. The first-order valence-corrected chi connectivity index (χ1v) is 10.1. The van der Waals surface area contributed by atoms with E-state index < -0.39 is 10.8 Å². The third-order valence-electron chi connectivity index (χ3n) is 4.12. The second-order valence-corrected chi connectivity index (χ2v) is 7.63. The van der Waals surface area contributed by atoms with E-state index in [-0.39, 0.29) is 27.3 Å². The highest BCUT2D eigenvalue weighted by Crippen LogP contribution is 2.25. The number of carbonyl (C=O) groups is 2. The molecule has 3 rings (SSSR count). The van der Waals surface area contributed by atoms with E-state index in [0.717, 1.165) is 6.07 Å². The van der Waals surface area contributed by atoms with Crippen LogP contribution in [0.2, 0.25) is 10.0 Å². The molecule has 8 nitrogen and oxygen atoms in total. The van der Waals surface area contributed by atoms with E-state index in [1.54, 1.807) is 48.5 Å². The topological polar surface area (TPSA) is 113 Å². The van der Waals surface area contributed by atoms with Crippen LogP contribution in [0.5, 0.6) is 0 Å². The molecule has 162 valence electrons. The summed E-state index contributed by atoms with van der Waals surface area (Å²) in [5.41, 5.74) is 1.17. The van der Waals surface area contributed by atoms with Gasteiger partial charge in [-0.25, -0.2) is 0 Å². The largest absolute Gasteiger partial charge is 0.332 e. The lowest BCUT2D eigenvalue weighted by Gasteiger charge is -2.11. The van der Waals surface area contributed by atoms with Gasteiger partial charge in [0.05, 0.1) is 4.92 Å². The number of amides is 2. The summed E-state index contributed by atoms with van der Waals surface area (Å²) in [4.78, 5) is 34.9. The summed E-state index contributed by atoms with van der Waals surface area (Å²) in [6.07, 6.45) is 0. The lowest BCUT2D eigenvalue weighted by atomic mass is 10.2. The van der Waals surface area contributed by atoms with Gasteiger partial charge in [-0.3, -0.25) is 25.0 Å². The average Bonchev–Trinajstić information content (AvgIpc) is 2.75. The first kappa shape index (κ1) is 23.1. The Morgan fingerprint density at radius 3 is 2.09 bits per heavy atom. The van der Waals surface area contributed by atoms with Crippen LogP contribution in [-0.2, 0) is 0 Å². The monoisotopic (exact) mass is 488 g/mol. The Balaban J connectivity index is 1.59. The van der Waals surface area contributed by atoms with Gasteiger partial charge in [0, 0.05) is 33.6 Å². The molecule has 0 spiro atoms. The molecule has 0 aliphatic heterocycles. The van der Waals surface area contributed by atoms with Crippen LogP contribution in [-0.4, -0.2) is 21.9 Å². The van der Waals surface area contributed by atoms with Crippen molar-refractivity contribution in [3.8, 4) is 0 Å². The molecule has 0 saturated heterocycles. The van der Waals surface area contributed by atoms with Gasteiger partial charge in [-0.05, 0) is 66.8 Å². The normalized spacial score (nSPS) is 10.2. The molecule has 0 saturated carbocycles. The molecular formula is C21H14Cl2N4O4S. The van der Waals surface area contributed by atoms with Crippen molar-refractivity contribution in [1.29, 1.82) is 0 Å². The van der Waals surface area contributed by atoms with Gasteiger partial charge in [-0.15, -0.1) is 0 Å². The maximum atomic E-state index is 12.3. The molecule has 2 amide bonds. The maximum absolute atomic E-state index is 12.3. The van der Waals surface area contributed by atoms with Crippen molar-refractivity contribution in [2.45, 2.75) is 0 Å². The van der Waals surface area contributed by atoms with Crippen molar-refractivity contribution in [3.63, 3.8) is 0 Å². The van der Waals surface area contributed by atoms with Gasteiger partial charge in [-0.2, -0.15) is 0 Å². The van der Waals surface area contributed by atoms with Crippen LogP contribution in [0.1, 0.15) is 20.7 Å². The summed E-state index contributed by atoms with van der Waals surface area (Å²) in [7, 11) is 0. The predicted molar refractivity (Wildman–Crippen MR) is 128 cm³/mol. The molecule has 0 aromatic heterocycles. The summed E-state index contributed by atoms with van der Waals surface area (Å²) >= 11 is 16.8. The Morgan fingerprint density at radius 1 is 0.844 bits per heavy atom. The lowest BCUT2D eigenvalue weighted by Crippen LogP contribution is -2.34. The molecule has 3 aromatic rings. The molecule has 0 fully saturated rings. The summed E-state index contributed by atoms with van der Waals surface area (Å²) < 4.78 is 0. The SMILES string of the molecule is O=C(NC(=S)Nc1ccc(NC(=O)c2cccc(Cl)c2)cc1)c1ccc(Cl)c([N+](=O)[O-])c1. The van der Waals surface area contributed by atoms with E-state index in [1.165, 1.54) is 12.1 Å². The number of carbonyl (C=O) groups excluding carboxylic acids is 2. The zero-order valence-corrected chi connectivity index (χ0v) is 18.4. The van der Waals surface area contributed by atoms with Crippen LogP contribution in [0.4, 0.5) is 17.1 Å². The van der Waals surface area contributed by atoms with Gasteiger partial charge in [-0.1, -0.05) is 29.3 Å². The number of hydrogen-bond acceptors (Lipinski definition) is 5. The molecule has 3 N–H and O–H groups in total. The summed E-state index contributed by atoms with van der Waals surface area (Å²) in [6, 6.07) is 16.9. The van der Waals surface area contributed by atoms with Crippen LogP contribution in [0.25, 0.3) is 0 Å². The number of anilines is 2. The van der Waals surface area contributed by atoms with Crippen molar-refractivity contribution in [2.75, 3.05) is 10.6 Å². The number of rotatable bonds is 5. The number of halogens is 2. The fourth-order valence-corrected chi connectivity index (χ4v) is 3.19. The molecule has 32 heavy (non-hydrogen) atoms. The molecule has 3 aromatic carbocycles. The number of nitro benzene ring substituents is 1. The number of nitro groups is 1. The van der Waals surface area contributed by atoms with Gasteiger partial charge < -0.3 is 10.6 Å². The standard InChI is InChI=1S/C21H14Cl2N4O4S/c22-14-3-1-2-12(10-14)19(28)24-15-5-7-16(8-6-15)25-21(32)26-20(29)13-4-9-17(23)18(11-13)27(30)31/h1-11H,(H,24,28)(H2,25,26,29,32). The van der Waals surface area contributed by atoms with Crippen LogP contribution in [0.15, 0.2) is 66.7 Å². The van der Waals surface area contributed by atoms with Crippen molar-refractivity contribution in [1.82, 2.24) is 5.32 Å². The number of thiocarbonyl (C=S) groups is 1. The molecular weight excluding hydrogens is 475 g/mol. The molecule has 0 aliphatic rings. The van der Waals surface area contributed by atoms with Crippen molar-refractivity contribution in [2.24, 2.45) is 0 Å². The molecule has 0 bridgehead atoms. The first-order valence-electron chi connectivity index (χ1n) is 8.96. The van der Waals surface area contributed by atoms with Gasteiger partial charge in [0.2, 0.25) is 0 Å². The Bertz CT molecular complexity index is 1220. The fraction of sp³-hybridized carbons (Fsp3) is 0. The Hall–Kier alpha value is -3.53. The fourth-order valence-electron chi connectivity index (χ4n) is 2.60. The third kappa shape index (κ3) is 6.01. The lowest BCUT2D eigenvalue weighted by molar-refractivity contribution is -0.384. The highest BCUT2D eigenvalue weighted by molar-refractivity contribution is 7.80. The average molecular weight is 489 g/mol. The molecule has 0 radical (unpaired) electrons. The molecule has 0 heterocycles. The third-order valence-corrected chi connectivity index (χ3v) is 4.88. The summed E-state index contributed by atoms with van der Waals surface area (Å²) in [5.74, 6) is -0.944. The van der Waals surface area contributed by atoms with E-state index in [2.05, 4.69) is 16.0 Å². The van der Waals surface area contributed by atoms with E-state index in [0.29, 0.717) is 22.0 Å². The number of nitrogens with zero attached hydrogens (tertiary/aromatic N) is 1. The minimum atomic E-state index is -0.678. The van der Waals surface area contributed by atoms with E-state index in [4.69, 9.17) is 35.4 Å². The second-order valence-electron chi connectivity index (χ2n) is 6.37. The minimum Gasteiger partial charge on any atom is -0.332 e. The summed E-state index contributed by atoms with van der Waals surface area (Å²) in [5, 5.41) is 19.3. The molecule has 0 unspecified atom stereocenters. The van der Waals surface area contributed by atoms with E-state index in [1.807, 2.05) is 0 Å². The Labute approximate surface area is 197 Å². The van der Waals surface area contributed by atoms with Crippen LogP contribution >= 0.6 is 35.4 Å². The van der Waals surface area contributed by atoms with Crippen molar-refractivity contribution in [3.05, 3.63) is 98.0 Å². The summed E-state index contributed by atoms with van der Waals surface area (Å²) in [6.45, 7) is 0. The van der Waals surface area contributed by atoms with Crippen LogP contribution in [0.3, 0.4) is 0 Å². The molecule has 11 heteroatoms. The van der Waals surface area contributed by atoms with Gasteiger partial charge in [0.15, 0.2) is 5.11 Å². The molecule has 0 atom stereocenters. The van der Waals surface area contributed by atoms with Gasteiger partial charge in [0.25, 0.3) is 17.5 Å². The van der Waals surface area contributed by atoms with E-state index in [9.17, 15) is 19.7 Å². The van der Waals surface area contributed by atoms with Gasteiger partial charge in [0.1, 0.15) is 5.02 Å². The van der Waals surface area contributed by atoms with Crippen LogP contribution < -0.4 is 16.0 Å². The highest BCUT2D eigenvalue weighted by Gasteiger charge is 2.17. The Kier molecular flexibility index (Phi) is 7.37. The Morgan fingerprint density at radius 2 is 1.47 bits per heavy atom. The highest BCUT2D eigenvalue weighted by atomic mass is 35.5. The maximum Gasteiger partial charge on any atom is 0.288 e. The quantitative estimate of drug-likeness (QED) is 0.255. The smallest absolute Gasteiger partial charge is 0.288 e. The molecule has 0 aliphatic carbocycles. The van der Waals surface area contributed by atoms with Gasteiger partial charge >= 0.3 is 0 Å². The second kappa shape index (κ2) is 10.2. The van der Waals surface area contributed by atoms with Crippen LogP contribution in [0, 0.1) is 10.1 Å². The van der Waals surface area contributed by atoms with Crippen molar-refractivity contribution >= 4 is 69.4 Å². The predicted octanol–water partition coefficient (Wildman–Crippen LogP) is 5.28. The zero-order chi connectivity index (χ0) is 23.3. The zero-order valence-electron chi connectivity index (χ0n) is 16.1. The van der Waals surface area contributed by atoms with Crippen molar-refractivity contribution < 1.29 is 14.5 Å². The number of hydrogen-bond donors (Lipinski definition) is 3. The van der Waals surface area contributed by atoms with E-state index >= 15 is 0 Å². The number of nitrogens with one attached hydrogen (secondary N) is 3. The minimum absolute atomic E-state index is 0.0108. The first-order chi connectivity index (χ1) is 15.2.